The van der Waals surface area contributed by atoms with Gasteiger partial charge in [-0.05, 0) is 42.3 Å². The number of oxazole rings is 1. The van der Waals surface area contributed by atoms with Gasteiger partial charge in [0.1, 0.15) is 11.6 Å². The summed E-state index contributed by atoms with van der Waals surface area (Å²) in [5.41, 5.74) is 3.32. The monoisotopic (exact) mass is 338 g/mol. The molecule has 7 heteroatoms. The van der Waals surface area contributed by atoms with Gasteiger partial charge in [-0.25, -0.2) is 9.78 Å². The summed E-state index contributed by atoms with van der Waals surface area (Å²) < 4.78 is 5.74. The molecule has 2 aromatic carbocycles. The molecule has 0 saturated carbocycles. The van der Waals surface area contributed by atoms with Crippen molar-refractivity contribution in [1.29, 1.82) is 5.26 Å². The molecule has 0 aliphatic carbocycles. The van der Waals surface area contributed by atoms with E-state index >= 15 is 0 Å². The molecule has 0 amide bonds. The number of benzene rings is 2. The van der Waals surface area contributed by atoms with E-state index in [1.807, 2.05) is 6.92 Å². The molecule has 3 aromatic rings. The van der Waals surface area contributed by atoms with Crippen LogP contribution in [0.2, 0.25) is 0 Å². The fourth-order valence-electron chi connectivity index (χ4n) is 2.53. The van der Waals surface area contributed by atoms with Crippen LogP contribution in [0.15, 0.2) is 40.8 Å². The molecule has 1 aromatic heterocycles. The predicted octanol–water partition coefficient (Wildman–Crippen LogP) is 2.15. The summed E-state index contributed by atoms with van der Waals surface area (Å²) in [5, 5.41) is 37.0. The first kappa shape index (κ1) is 16.6. The molecule has 0 saturated heterocycles. The Balaban J connectivity index is 1.95. The number of aryl methyl sites for hydroxylation is 1. The second-order valence-corrected chi connectivity index (χ2v) is 5.62. The van der Waals surface area contributed by atoms with Crippen LogP contribution >= 0.6 is 0 Å². The summed E-state index contributed by atoms with van der Waals surface area (Å²) in [5.74, 6) is -1.16. The number of hydrogen-bond acceptors (Lipinski definition) is 6. The van der Waals surface area contributed by atoms with E-state index < -0.39 is 18.2 Å². The minimum absolute atomic E-state index is 0.262. The number of aliphatic hydroxyl groups excluding tert-OH is 2. The highest BCUT2D eigenvalue weighted by molar-refractivity contribution is 5.81. The van der Waals surface area contributed by atoms with Crippen LogP contribution in [0.1, 0.15) is 22.8 Å². The van der Waals surface area contributed by atoms with E-state index in [9.17, 15) is 15.0 Å². The molecule has 0 fully saturated rings. The minimum atomic E-state index is -1.90. The van der Waals surface area contributed by atoms with Crippen molar-refractivity contribution in [1.82, 2.24) is 4.98 Å². The molecule has 2 unspecified atom stereocenters. The summed E-state index contributed by atoms with van der Waals surface area (Å²) in [6.45, 7) is 1.82. The van der Waals surface area contributed by atoms with Gasteiger partial charge < -0.3 is 19.7 Å². The number of carbonyl (C=O) groups is 1. The van der Waals surface area contributed by atoms with Gasteiger partial charge in [0.2, 0.25) is 5.89 Å². The molecule has 2 atom stereocenters. The third kappa shape index (κ3) is 3.08. The van der Waals surface area contributed by atoms with E-state index in [1.54, 1.807) is 24.3 Å². The van der Waals surface area contributed by atoms with Crippen molar-refractivity contribution < 1.29 is 24.5 Å². The summed E-state index contributed by atoms with van der Waals surface area (Å²) in [6.07, 6.45) is -3.43. The molecule has 0 radical (unpaired) electrons. The smallest absolute Gasteiger partial charge is 0.335 e. The first-order valence-corrected chi connectivity index (χ1v) is 7.41. The Bertz CT molecular complexity index is 985. The fourth-order valence-corrected chi connectivity index (χ4v) is 2.53. The van der Waals surface area contributed by atoms with Crippen molar-refractivity contribution in [2.24, 2.45) is 0 Å². The summed E-state index contributed by atoms with van der Waals surface area (Å²) in [4.78, 5) is 15.1. The van der Waals surface area contributed by atoms with Crippen LogP contribution in [0.3, 0.4) is 0 Å². The van der Waals surface area contributed by atoms with Gasteiger partial charge in [0.05, 0.1) is 11.6 Å². The molecule has 0 aliphatic heterocycles. The molecule has 1 heterocycles. The van der Waals surface area contributed by atoms with Crippen molar-refractivity contribution in [2.75, 3.05) is 0 Å². The van der Waals surface area contributed by atoms with Gasteiger partial charge in [-0.2, -0.15) is 5.26 Å². The standard InChI is InChI=1S/C18H14N2O5/c1-9-6-10(8-19)7-13-16(9)25-17(20-13)12-4-2-11(3-5-12)14(21)15(22)18(23)24/h2-7,14-15,21-22H,1H3,(H,23,24). The Morgan fingerprint density at radius 3 is 2.52 bits per heavy atom. The van der Waals surface area contributed by atoms with Gasteiger partial charge in [0, 0.05) is 5.56 Å². The normalized spacial score (nSPS) is 13.4. The first-order chi connectivity index (χ1) is 11.9. The molecular formula is C18H14N2O5. The van der Waals surface area contributed by atoms with Gasteiger partial charge in [0.15, 0.2) is 11.7 Å². The number of aromatic nitrogens is 1. The summed E-state index contributed by atoms with van der Waals surface area (Å²) in [7, 11) is 0. The van der Waals surface area contributed by atoms with Crippen LogP contribution < -0.4 is 0 Å². The fraction of sp³-hybridized carbons (Fsp3) is 0.167. The molecule has 25 heavy (non-hydrogen) atoms. The number of nitrogens with zero attached hydrogens (tertiary/aromatic N) is 2. The summed E-state index contributed by atoms with van der Waals surface area (Å²) >= 11 is 0. The number of hydrogen-bond donors (Lipinski definition) is 3. The third-order valence-corrected chi connectivity index (χ3v) is 3.86. The minimum Gasteiger partial charge on any atom is -0.479 e. The molecular weight excluding hydrogens is 324 g/mol. The highest BCUT2D eigenvalue weighted by Crippen LogP contribution is 2.28. The van der Waals surface area contributed by atoms with E-state index in [2.05, 4.69) is 11.1 Å². The Hall–Kier alpha value is -3.21. The zero-order valence-corrected chi connectivity index (χ0v) is 13.2. The lowest BCUT2D eigenvalue weighted by molar-refractivity contribution is -0.153. The molecule has 0 bridgehead atoms. The number of rotatable bonds is 4. The number of fused-ring (bicyclic) bond motifs is 1. The quantitative estimate of drug-likeness (QED) is 0.665. The first-order valence-electron chi connectivity index (χ1n) is 7.41. The van der Waals surface area contributed by atoms with Gasteiger partial charge in [-0.15, -0.1) is 0 Å². The van der Waals surface area contributed by atoms with Crippen molar-refractivity contribution in [3.63, 3.8) is 0 Å². The number of carboxylic acid groups (broad SMARTS) is 1. The van der Waals surface area contributed by atoms with Crippen LogP contribution in [-0.4, -0.2) is 32.4 Å². The van der Waals surface area contributed by atoms with Crippen LogP contribution in [-0.2, 0) is 4.79 Å². The van der Waals surface area contributed by atoms with E-state index in [1.165, 1.54) is 12.1 Å². The lowest BCUT2D eigenvalue weighted by atomic mass is 10.0. The zero-order chi connectivity index (χ0) is 18.1. The predicted molar refractivity (Wildman–Crippen MR) is 87.5 cm³/mol. The molecule has 3 N–H and O–H groups in total. The largest absolute Gasteiger partial charge is 0.479 e. The van der Waals surface area contributed by atoms with Gasteiger partial charge in [-0.3, -0.25) is 0 Å². The number of aliphatic carboxylic acids is 1. The van der Waals surface area contributed by atoms with Crippen LogP contribution in [0.4, 0.5) is 0 Å². The Labute approximate surface area is 142 Å². The average molecular weight is 338 g/mol. The highest BCUT2D eigenvalue weighted by atomic mass is 16.4. The van der Waals surface area contributed by atoms with Gasteiger partial charge >= 0.3 is 5.97 Å². The lowest BCUT2D eigenvalue weighted by Gasteiger charge is -2.14. The average Bonchev–Trinajstić information content (AvgIpc) is 3.05. The van der Waals surface area contributed by atoms with Crippen molar-refractivity contribution in [3.8, 4) is 17.5 Å². The topological polar surface area (TPSA) is 128 Å². The second kappa shape index (κ2) is 6.36. The Morgan fingerprint density at radius 2 is 1.92 bits per heavy atom. The SMILES string of the molecule is Cc1cc(C#N)cc2nc(-c3ccc(C(O)C(O)C(=O)O)cc3)oc12. The third-order valence-electron chi connectivity index (χ3n) is 3.86. The van der Waals surface area contributed by atoms with Gasteiger partial charge in [-0.1, -0.05) is 12.1 Å². The van der Waals surface area contributed by atoms with E-state index in [0.717, 1.165) is 5.56 Å². The maximum absolute atomic E-state index is 10.7. The lowest BCUT2D eigenvalue weighted by Crippen LogP contribution is -2.27. The Kier molecular flexibility index (Phi) is 4.23. The molecule has 126 valence electrons. The maximum Gasteiger partial charge on any atom is 0.335 e. The summed E-state index contributed by atoms with van der Waals surface area (Å²) in [6, 6.07) is 11.6. The van der Waals surface area contributed by atoms with Crippen molar-refractivity contribution >= 4 is 17.1 Å². The zero-order valence-electron chi connectivity index (χ0n) is 13.2. The van der Waals surface area contributed by atoms with E-state index in [4.69, 9.17) is 14.8 Å². The van der Waals surface area contributed by atoms with Gasteiger partial charge in [0.25, 0.3) is 0 Å². The van der Waals surface area contributed by atoms with E-state index in [0.29, 0.717) is 28.1 Å². The highest BCUT2D eigenvalue weighted by Gasteiger charge is 2.25. The molecule has 7 nitrogen and oxygen atoms in total. The Morgan fingerprint density at radius 1 is 1.24 bits per heavy atom. The molecule has 3 rings (SSSR count). The van der Waals surface area contributed by atoms with Crippen LogP contribution in [0, 0.1) is 18.3 Å². The second-order valence-electron chi connectivity index (χ2n) is 5.62. The van der Waals surface area contributed by atoms with E-state index in [-0.39, 0.29) is 5.56 Å². The molecule has 0 spiro atoms. The van der Waals surface area contributed by atoms with Crippen molar-refractivity contribution in [2.45, 2.75) is 19.1 Å². The van der Waals surface area contributed by atoms with Crippen LogP contribution in [0.5, 0.6) is 0 Å². The number of carboxylic acids is 1. The number of nitriles is 1. The molecule has 0 aliphatic rings. The van der Waals surface area contributed by atoms with Crippen molar-refractivity contribution in [3.05, 3.63) is 53.1 Å². The maximum atomic E-state index is 10.7. The van der Waals surface area contributed by atoms with Crippen LogP contribution in [0.25, 0.3) is 22.6 Å². The number of aliphatic hydroxyl groups is 2.